The number of carboxylic acids is 1. The molecule has 0 spiro atoms. The molecule has 1 aliphatic heterocycles. The highest BCUT2D eigenvalue weighted by molar-refractivity contribution is 6.32. The van der Waals surface area contributed by atoms with Crippen LogP contribution in [-0.4, -0.2) is 48.7 Å². The largest absolute Gasteiger partial charge is 0.480 e. The number of anilines is 1. The molecule has 1 aromatic carbocycles. The lowest BCUT2D eigenvalue weighted by molar-refractivity contribution is -0.138. The predicted molar refractivity (Wildman–Crippen MR) is 72.5 cm³/mol. The maximum Gasteiger partial charge on any atom is 0.317 e. The van der Waals surface area contributed by atoms with Gasteiger partial charge >= 0.3 is 5.97 Å². The van der Waals surface area contributed by atoms with Gasteiger partial charge in [-0.2, -0.15) is 5.26 Å². The maximum atomic E-state index is 10.6. The van der Waals surface area contributed by atoms with Crippen LogP contribution in [0.1, 0.15) is 5.56 Å². The molecule has 1 N–H and O–H groups in total. The van der Waals surface area contributed by atoms with E-state index in [4.69, 9.17) is 22.0 Å². The van der Waals surface area contributed by atoms with Gasteiger partial charge in [-0.05, 0) is 18.2 Å². The maximum absolute atomic E-state index is 10.6. The second kappa shape index (κ2) is 5.91. The Morgan fingerprint density at radius 3 is 2.58 bits per heavy atom. The van der Waals surface area contributed by atoms with Gasteiger partial charge in [0.25, 0.3) is 0 Å². The molecule has 0 saturated carbocycles. The zero-order valence-corrected chi connectivity index (χ0v) is 11.1. The molecule has 2 rings (SSSR count). The first-order valence-electron chi connectivity index (χ1n) is 5.99. The minimum Gasteiger partial charge on any atom is -0.480 e. The van der Waals surface area contributed by atoms with E-state index in [1.54, 1.807) is 12.1 Å². The van der Waals surface area contributed by atoms with Crippen LogP contribution in [-0.2, 0) is 4.79 Å². The quantitative estimate of drug-likeness (QED) is 0.906. The van der Waals surface area contributed by atoms with Crippen molar-refractivity contribution in [1.82, 2.24) is 4.90 Å². The lowest BCUT2D eigenvalue weighted by atomic mass is 10.2. The number of halogens is 1. The van der Waals surface area contributed by atoms with Crippen LogP contribution in [0.2, 0.25) is 5.02 Å². The van der Waals surface area contributed by atoms with Gasteiger partial charge < -0.3 is 10.0 Å². The van der Waals surface area contributed by atoms with Crippen LogP contribution in [0, 0.1) is 11.3 Å². The number of hydrogen-bond acceptors (Lipinski definition) is 4. The summed E-state index contributed by atoms with van der Waals surface area (Å²) in [6, 6.07) is 7.40. The number of carbonyl (C=O) groups is 1. The second-order valence-electron chi connectivity index (χ2n) is 4.43. The predicted octanol–water partition coefficient (Wildman–Crippen LogP) is 1.42. The monoisotopic (exact) mass is 279 g/mol. The Hall–Kier alpha value is -1.77. The minimum atomic E-state index is -0.796. The van der Waals surface area contributed by atoms with Crippen LogP contribution in [0.5, 0.6) is 0 Å². The molecule has 0 amide bonds. The Morgan fingerprint density at radius 2 is 2.05 bits per heavy atom. The lowest BCUT2D eigenvalue weighted by Gasteiger charge is -2.35. The Kier molecular flexibility index (Phi) is 4.25. The van der Waals surface area contributed by atoms with Crippen molar-refractivity contribution in [2.45, 2.75) is 0 Å². The summed E-state index contributed by atoms with van der Waals surface area (Å²) in [6.07, 6.45) is 0. The fraction of sp³-hybridized carbons (Fsp3) is 0.385. The van der Waals surface area contributed by atoms with E-state index >= 15 is 0 Å². The van der Waals surface area contributed by atoms with E-state index in [-0.39, 0.29) is 6.54 Å². The third kappa shape index (κ3) is 3.37. The highest BCUT2D eigenvalue weighted by atomic mass is 35.5. The van der Waals surface area contributed by atoms with E-state index in [9.17, 15) is 4.79 Å². The fourth-order valence-electron chi connectivity index (χ4n) is 2.15. The zero-order chi connectivity index (χ0) is 13.8. The summed E-state index contributed by atoms with van der Waals surface area (Å²) in [7, 11) is 0. The van der Waals surface area contributed by atoms with E-state index < -0.39 is 5.97 Å². The first kappa shape index (κ1) is 13.7. The van der Waals surface area contributed by atoms with Crippen molar-refractivity contribution in [3.63, 3.8) is 0 Å². The zero-order valence-electron chi connectivity index (χ0n) is 10.3. The molecule has 100 valence electrons. The van der Waals surface area contributed by atoms with Crippen molar-refractivity contribution >= 4 is 23.3 Å². The highest BCUT2D eigenvalue weighted by Gasteiger charge is 2.19. The summed E-state index contributed by atoms with van der Waals surface area (Å²) < 4.78 is 0. The summed E-state index contributed by atoms with van der Waals surface area (Å²) in [6.45, 7) is 3.03. The molecular formula is C13H14ClN3O2. The number of hydrogen-bond donors (Lipinski definition) is 1. The Balaban J connectivity index is 2.00. The molecule has 0 unspecified atom stereocenters. The van der Waals surface area contributed by atoms with Gasteiger partial charge in [0.15, 0.2) is 0 Å². The van der Waals surface area contributed by atoms with Crippen LogP contribution in [0.3, 0.4) is 0 Å². The average Bonchev–Trinajstić information content (AvgIpc) is 2.39. The van der Waals surface area contributed by atoms with Gasteiger partial charge in [0, 0.05) is 31.9 Å². The van der Waals surface area contributed by atoms with Gasteiger partial charge in [-0.25, -0.2) is 0 Å². The van der Waals surface area contributed by atoms with Gasteiger partial charge in [0.2, 0.25) is 0 Å². The van der Waals surface area contributed by atoms with Gasteiger partial charge in [0.1, 0.15) is 6.07 Å². The number of aliphatic carboxylic acids is 1. The molecule has 1 aliphatic rings. The number of nitriles is 1. The molecule has 1 heterocycles. The topological polar surface area (TPSA) is 67.6 Å². The molecule has 0 aromatic heterocycles. The van der Waals surface area contributed by atoms with Crippen LogP contribution >= 0.6 is 11.6 Å². The third-order valence-electron chi connectivity index (χ3n) is 3.17. The second-order valence-corrected chi connectivity index (χ2v) is 4.84. The SMILES string of the molecule is N#Cc1ccc(N2CCN(CC(=O)O)CC2)cc1Cl. The van der Waals surface area contributed by atoms with Crippen LogP contribution in [0.25, 0.3) is 0 Å². The molecule has 6 heteroatoms. The molecule has 19 heavy (non-hydrogen) atoms. The van der Waals surface area contributed by atoms with Gasteiger partial charge in [0.05, 0.1) is 17.1 Å². The molecule has 0 radical (unpaired) electrons. The number of nitrogens with zero attached hydrogens (tertiary/aromatic N) is 3. The van der Waals surface area contributed by atoms with Crippen LogP contribution in [0.15, 0.2) is 18.2 Å². The summed E-state index contributed by atoms with van der Waals surface area (Å²) in [4.78, 5) is 14.7. The standard InChI is InChI=1S/C13H14ClN3O2/c14-12-7-11(2-1-10(12)8-15)17-5-3-16(4-6-17)9-13(18)19/h1-2,7H,3-6,9H2,(H,18,19). The summed E-state index contributed by atoms with van der Waals surface area (Å²) in [5.41, 5.74) is 1.44. The average molecular weight is 280 g/mol. The van der Waals surface area contributed by atoms with Gasteiger partial charge in [-0.3, -0.25) is 9.69 Å². The van der Waals surface area contributed by atoms with E-state index in [1.807, 2.05) is 17.0 Å². The summed E-state index contributed by atoms with van der Waals surface area (Å²) in [5, 5.41) is 18.0. The highest BCUT2D eigenvalue weighted by Crippen LogP contribution is 2.24. The number of piperazine rings is 1. The van der Waals surface area contributed by atoms with E-state index in [2.05, 4.69) is 4.90 Å². The van der Waals surface area contributed by atoms with Crippen molar-refractivity contribution in [2.24, 2.45) is 0 Å². The Labute approximate surface area is 116 Å². The van der Waals surface area contributed by atoms with Crippen molar-refractivity contribution in [3.05, 3.63) is 28.8 Å². The lowest BCUT2D eigenvalue weighted by Crippen LogP contribution is -2.48. The van der Waals surface area contributed by atoms with Crippen LogP contribution < -0.4 is 4.90 Å². The molecule has 1 saturated heterocycles. The van der Waals surface area contributed by atoms with Crippen molar-refractivity contribution < 1.29 is 9.90 Å². The molecule has 0 atom stereocenters. The van der Waals surface area contributed by atoms with Crippen LogP contribution in [0.4, 0.5) is 5.69 Å². The van der Waals surface area contributed by atoms with Gasteiger partial charge in [-0.15, -0.1) is 0 Å². The molecule has 0 aliphatic carbocycles. The Morgan fingerprint density at radius 1 is 1.37 bits per heavy atom. The number of rotatable bonds is 3. The molecule has 1 aromatic rings. The number of carboxylic acid groups (broad SMARTS) is 1. The third-order valence-corrected chi connectivity index (χ3v) is 3.48. The van der Waals surface area contributed by atoms with Crippen molar-refractivity contribution in [1.29, 1.82) is 5.26 Å². The molecular weight excluding hydrogens is 266 g/mol. The first-order valence-corrected chi connectivity index (χ1v) is 6.36. The van der Waals surface area contributed by atoms with Crippen molar-refractivity contribution in [2.75, 3.05) is 37.6 Å². The fourth-order valence-corrected chi connectivity index (χ4v) is 2.36. The first-order chi connectivity index (χ1) is 9.10. The molecule has 0 bridgehead atoms. The summed E-state index contributed by atoms with van der Waals surface area (Å²) in [5.74, 6) is -0.796. The normalized spacial score (nSPS) is 16.1. The van der Waals surface area contributed by atoms with E-state index in [0.29, 0.717) is 23.7 Å². The van der Waals surface area contributed by atoms with E-state index in [1.165, 1.54) is 0 Å². The summed E-state index contributed by atoms with van der Waals surface area (Å²) >= 11 is 6.01. The Bertz CT molecular complexity index is 519. The van der Waals surface area contributed by atoms with Gasteiger partial charge in [-0.1, -0.05) is 11.6 Å². The molecule has 1 fully saturated rings. The van der Waals surface area contributed by atoms with Crippen molar-refractivity contribution in [3.8, 4) is 6.07 Å². The molecule has 5 nitrogen and oxygen atoms in total. The smallest absolute Gasteiger partial charge is 0.317 e. The van der Waals surface area contributed by atoms with E-state index in [0.717, 1.165) is 18.8 Å². The number of benzene rings is 1. The minimum absolute atomic E-state index is 0.0853.